The van der Waals surface area contributed by atoms with Gasteiger partial charge in [0.15, 0.2) is 5.82 Å². The Morgan fingerprint density at radius 1 is 1.53 bits per heavy atom. The van der Waals surface area contributed by atoms with Gasteiger partial charge in [0.05, 0.1) is 0 Å². The average Bonchev–Trinajstić information content (AvgIpc) is 2.77. The van der Waals surface area contributed by atoms with E-state index in [4.69, 9.17) is 0 Å². The topological polar surface area (TPSA) is 64.7 Å². The van der Waals surface area contributed by atoms with Crippen LogP contribution in [-0.2, 0) is 18.4 Å². The summed E-state index contributed by atoms with van der Waals surface area (Å²) in [5.74, 6) is 0.409. The monoisotopic (exact) mass is 205 g/mol. The number of nitrogens with one attached hydrogen (secondary N) is 1. The Hall–Kier alpha value is -2.11. The third-order valence-corrected chi connectivity index (χ3v) is 1.85. The van der Waals surface area contributed by atoms with Gasteiger partial charge in [-0.15, -0.1) is 0 Å². The minimum Gasteiger partial charge on any atom is -0.308 e. The van der Waals surface area contributed by atoms with Gasteiger partial charge in [0.1, 0.15) is 6.54 Å². The van der Waals surface area contributed by atoms with Crippen LogP contribution in [0.25, 0.3) is 0 Å². The van der Waals surface area contributed by atoms with Crippen LogP contribution in [0, 0.1) is 0 Å². The van der Waals surface area contributed by atoms with Gasteiger partial charge in [-0.2, -0.15) is 10.2 Å². The van der Waals surface area contributed by atoms with Crippen molar-refractivity contribution < 1.29 is 4.79 Å². The van der Waals surface area contributed by atoms with E-state index in [-0.39, 0.29) is 12.5 Å². The van der Waals surface area contributed by atoms with Crippen LogP contribution in [-0.4, -0.2) is 25.5 Å². The average molecular weight is 205 g/mol. The first-order valence-electron chi connectivity index (χ1n) is 4.51. The molecule has 0 bridgehead atoms. The molecule has 6 heteroatoms. The summed E-state index contributed by atoms with van der Waals surface area (Å²) in [6.45, 7) is 0.198. The maximum absolute atomic E-state index is 11.5. The molecule has 0 aromatic carbocycles. The first kappa shape index (κ1) is 9.45. The molecule has 0 atom stereocenters. The standard InChI is InChI=1S/C9H11N5O/c1-13-6-3-8(12-13)11-9(15)7-14-5-2-4-10-14/h2-6H,7H2,1H3,(H,11,12,15). The van der Waals surface area contributed by atoms with Crippen LogP contribution in [0.4, 0.5) is 5.82 Å². The second-order valence-corrected chi connectivity index (χ2v) is 3.13. The molecule has 0 radical (unpaired) electrons. The highest BCUT2D eigenvalue weighted by Crippen LogP contribution is 2.00. The first-order valence-corrected chi connectivity index (χ1v) is 4.51. The summed E-state index contributed by atoms with van der Waals surface area (Å²) in [6, 6.07) is 3.51. The predicted octanol–water partition coefficient (Wildman–Crippen LogP) is 0.255. The summed E-state index contributed by atoms with van der Waals surface area (Å²) in [6.07, 6.45) is 5.13. The van der Waals surface area contributed by atoms with Crippen LogP contribution in [0.2, 0.25) is 0 Å². The van der Waals surface area contributed by atoms with E-state index in [1.165, 1.54) is 0 Å². The van der Waals surface area contributed by atoms with Gasteiger partial charge in [-0.3, -0.25) is 14.2 Å². The third kappa shape index (κ3) is 2.43. The minimum atomic E-state index is -0.141. The molecule has 0 fully saturated rings. The van der Waals surface area contributed by atoms with E-state index in [0.717, 1.165) is 0 Å². The van der Waals surface area contributed by atoms with Crippen molar-refractivity contribution in [2.24, 2.45) is 7.05 Å². The van der Waals surface area contributed by atoms with Gasteiger partial charge in [-0.05, 0) is 6.07 Å². The fourth-order valence-electron chi connectivity index (χ4n) is 1.21. The lowest BCUT2D eigenvalue weighted by molar-refractivity contribution is -0.116. The number of aromatic nitrogens is 4. The van der Waals surface area contributed by atoms with E-state index in [1.807, 2.05) is 0 Å². The summed E-state index contributed by atoms with van der Waals surface area (Å²) >= 11 is 0. The van der Waals surface area contributed by atoms with Gasteiger partial charge in [0.25, 0.3) is 0 Å². The Bertz CT molecular complexity index is 445. The molecule has 2 aromatic heterocycles. The van der Waals surface area contributed by atoms with Crippen LogP contribution in [0.5, 0.6) is 0 Å². The van der Waals surface area contributed by atoms with Crippen molar-refractivity contribution in [2.75, 3.05) is 5.32 Å². The van der Waals surface area contributed by atoms with Crippen molar-refractivity contribution >= 4 is 11.7 Å². The SMILES string of the molecule is Cn1ccc(NC(=O)Cn2cccn2)n1. The molecule has 2 aromatic rings. The zero-order valence-electron chi connectivity index (χ0n) is 8.29. The summed E-state index contributed by atoms with van der Waals surface area (Å²) in [4.78, 5) is 11.5. The van der Waals surface area contributed by atoms with Crippen LogP contribution >= 0.6 is 0 Å². The van der Waals surface area contributed by atoms with Crippen molar-refractivity contribution in [2.45, 2.75) is 6.54 Å². The third-order valence-electron chi connectivity index (χ3n) is 1.85. The van der Waals surface area contributed by atoms with Crippen molar-refractivity contribution in [3.05, 3.63) is 30.7 Å². The number of hydrogen-bond donors (Lipinski definition) is 1. The highest BCUT2D eigenvalue weighted by molar-refractivity contribution is 5.89. The van der Waals surface area contributed by atoms with Crippen LogP contribution < -0.4 is 5.32 Å². The maximum atomic E-state index is 11.5. The molecule has 0 saturated carbocycles. The molecule has 0 aliphatic heterocycles. The van der Waals surface area contributed by atoms with E-state index in [1.54, 1.807) is 47.1 Å². The van der Waals surface area contributed by atoms with Crippen molar-refractivity contribution in [1.29, 1.82) is 0 Å². The van der Waals surface area contributed by atoms with E-state index in [2.05, 4.69) is 15.5 Å². The smallest absolute Gasteiger partial charge is 0.247 e. The summed E-state index contributed by atoms with van der Waals surface area (Å²) in [5, 5.41) is 10.6. The van der Waals surface area contributed by atoms with Gasteiger partial charge in [0, 0.05) is 31.7 Å². The number of carbonyl (C=O) groups is 1. The zero-order valence-corrected chi connectivity index (χ0v) is 8.29. The fraction of sp³-hybridized carbons (Fsp3) is 0.222. The molecule has 2 heterocycles. The van der Waals surface area contributed by atoms with Gasteiger partial charge >= 0.3 is 0 Å². The van der Waals surface area contributed by atoms with Gasteiger partial charge in [-0.25, -0.2) is 0 Å². The lowest BCUT2D eigenvalue weighted by Gasteiger charge is -2.01. The lowest BCUT2D eigenvalue weighted by Crippen LogP contribution is -2.19. The van der Waals surface area contributed by atoms with Crippen molar-refractivity contribution in [3.63, 3.8) is 0 Å². The molecule has 15 heavy (non-hydrogen) atoms. The molecule has 2 rings (SSSR count). The number of aryl methyl sites for hydroxylation is 1. The second-order valence-electron chi connectivity index (χ2n) is 3.13. The Labute approximate surface area is 86.5 Å². The van der Waals surface area contributed by atoms with Crippen LogP contribution in [0.3, 0.4) is 0 Å². The largest absolute Gasteiger partial charge is 0.308 e. The molecule has 1 amide bonds. The van der Waals surface area contributed by atoms with Gasteiger partial charge in [-0.1, -0.05) is 0 Å². The molecule has 6 nitrogen and oxygen atoms in total. The van der Waals surface area contributed by atoms with Crippen molar-refractivity contribution in [3.8, 4) is 0 Å². The number of anilines is 1. The zero-order chi connectivity index (χ0) is 10.7. The first-order chi connectivity index (χ1) is 7.24. The summed E-state index contributed by atoms with van der Waals surface area (Å²) < 4.78 is 3.18. The highest BCUT2D eigenvalue weighted by Gasteiger charge is 2.04. The molecule has 78 valence electrons. The molecule has 0 spiro atoms. The van der Waals surface area contributed by atoms with E-state index in [0.29, 0.717) is 5.82 Å². The predicted molar refractivity (Wildman–Crippen MR) is 54.1 cm³/mol. The summed E-state index contributed by atoms with van der Waals surface area (Å²) in [7, 11) is 1.79. The molecular weight excluding hydrogens is 194 g/mol. The van der Waals surface area contributed by atoms with Crippen molar-refractivity contribution in [1.82, 2.24) is 19.6 Å². The Morgan fingerprint density at radius 3 is 3.00 bits per heavy atom. The highest BCUT2D eigenvalue weighted by atomic mass is 16.2. The number of nitrogens with zero attached hydrogens (tertiary/aromatic N) is 4. The quantitative estimate of drug-likeness (QED) is 0.781. The molecule has 0 saturated heterocycles. The Morgan fingerprint density at radius 2 is 2.40 bits per heavy atom. The van der Waals surface area contributed by atoms with E-state index < -0.39 is 0 Å². The van der Waals surface area contributed by atoms with Gasteiger partial charge < -0.3 is 5.32 Å². The minimum absolute atomic E-state index is 0.141. The number of rotatable bonds is 3. The van der Waals surface area contributed by atoms with Crippen LogP contribution in [0.15, 0.2) is 30.7 Å². The lowest BCUT2D eigenvalue weighted by atomic mass is 10.5. The molecular formula is C9H11N5O. The number of hydrogen-bond acceptors (Lipinski definition) is 3. The fourth-order valence-corrected chi connectivity index (χ4v) is 1.21. The molecule has 0 unspecified atom stereocenters. The number of carbonyl (C=O) groups excluding carboxylic acids is 1. The van der Waals surface area contributed by atoms with E-state index in [9.17, 15) is 4.79 Å². The van der Waals surface area contributed by atoms with E-state index >= 15 is 0 Å². The Kier molecular flexibility index (Phi) is 2.49. The normalized spacial score (nSPS) is 10.2. The Balaban J connectivity index is 1.93. The molecule has 0 aliphatic carbocycles. The second kappa shape index (κ2) is 3.95. The van der Waals surface area contributed by atoms with Gasteiger partial charge in [0.2, 0.25) is 5.91 Å². The molecule has 1 N–H and O–H groups in total. The van der Waals surface area contributed by atoms with Crippen LogP contribution in [0.1, 0.15) is 0 Å². The maximum Gasteiger partial charge on any atom is 0.247 e. The number of amides is 1. The summed E-state index contributed by atoms with van der Waals surface area (Å²) in [5.41, 5.74) is 0. The molecule has 0 aliphatic rings.